The average Bonchev–Trinajstić information content (AvgIpc) is 2.53. The molecule has 1 aromatic rings. The van der Waals surface area contributed by atoms with Gasteiger partial charge in [0.05, 0.1) is 5.60 Å². The van der Waals surface area contributed by atoms with Crippen LogP contribution in [0.25, 0.3) is 0 Å². The molecule has 0 radical (unpaired) electrons. The smallest absolute Gasteiger partial charge is 0.244 e. The monoisotopic (exact) mass is 327 g/mol. The van der Waals surface area contributed by atoms with E-state index in [1.165, 1.54) is 29.8 Å². The number of nitrogens with zero attached hydrogens (tertiary/aromatic N) is 2. The molecule has 1 aromatic heterocycles. The lowest BCUT2D eigenvalue weighted by Gasteiger charge is -2.38. The van der Waals surface area contributed by atoms with Crippen molar-refractivity contribution in [2.45, 2.75) is 36.2 Å². The number of β-amino-alcohol motifs (C(OH)–C–C–N with tert-alkyl or cyclic N) is 1. The Labute approximate surface area is 130 Å². The first kappa shape index (κ1) is 16.9. The van der Waals surface area contributed by atoms with E-state index in [4.69, 9.17) is 0 Å². The van der Waals surface area contributed by atoms with Gasteiger partial charge in [0, 0.05) is 39.0 Å². The van der Waals surface area contributed by atoms with Crippen LogP contribution in [0.3, 0.4) is 0 Å². The van der Waals surface area contributed by atoms with Crippen LogP contribution < -0.4 is 5.32 Å². The highest BCUT2D eigenvalue weighted by molar-refractivity contribution is 7.89. The maximum atomic E-state index is 12.6. The van der Waals surface area contributed by atoms with Gasteiger partial charge in [0.2, 0.25) is 15.9 Å². The van der Waals surface area contributed by atoms with Gasteiger partial charge in [-0.1, -0.05) is 0 Å². The highest BCUT2D eigenvalue weighted by atomic mass is 32.2. The summed E-state index contributed by atoms with van der Waals surface area (Å²) in [4.78, 5) is 15.3. The number of piperidine rings is 1. The summed E-state index contributed by atoms with van der Waals surface area (Å²) in [7, 11) is -2.13. The SMILES string of the molecule is CNC(=O)CCC1(O)CCCN(S(=O)(=O)c2cccnc2)C1. The van der Waals surface area contributed by atoms with E-state index in [1.807, 2.05) is 0 Å². The Bertz CT molecular complexity index is 620. The molecule has 1 saturated heterocycles. The third-order valence-corrected chi connectivity index (χ3v) is 5.72. The minimum atomic E-state index is -3.67. The van der Waals surface area contributed by atoms with Gasteiger partial charge in [-0.25, -0.2) is 8.42 Å². The summed E-state index contributed by atoms with van der Waals surface area (Å²) < 4.78 is 26.4. The van der Waals surface area contributed by atoms with E-state index in [0.717, 1.165) is 0 Å². The molecule has 1 fully saturated rings. The average molecular weight is 327 g/mol. The summed E-state index contributed by atoms with van der Waals surface area (Å²) in [6, 6.07) is 3.05. The second-order valence-electron chi connectivity index (χ2n) is 5.53. The van der Waals surface area contributed by atoms with Crippen LogP contribution in [-0.4, -0.2) is 54.5 Å². The first-order valence-corrected chi connectivity index (χ1v) is 8.64. The van der Waals surface area contributed by atoms with Crippen LogP contribution in [0.1, 0.15) is 25.7 Å². The zero-order valence-electron chi connectivity index (χ0n) is 12.5. The van der Waals surface area contributed by atoms with Crippen LogP contribution in [0.2, 0.25) is 0 Å². The van der Waals surface area contributed by atoms with Crippen LogP contribution in [0.5, 0.6) is 0 Å². The van der Waals surface area contributed by atoms with Crippen molar-refractivity contribution in [3.8, 4) is 0 Å². The maximum Gasteiger partial charge on any atom is 0.244 e. The topological polar surface area (TPSA) is 99.6 Å². The minimum Gasteiger partial charge on any atom is -0.388 e. The quantitative estimate of drug-likeness (QED) is 0.800. The molecule has 1 atom stereocenters. The van der Waals surface area contributed by atoms with Gasteiger partial charge in [-0.2, -0.15) is 4.31 Å². The van der Waals surface area contributed by atoms with Crippen LogP contribution in [0.15, 0.2) is 29.4 Å². The molecule has 22 heavy (non-hydrogen) atoms. The third kappa shape index (κ3) is 3.82. The lowest BCUT2D eigenvalue weighted by atomic mass is 9.89. The largest absolute Gasteiger partial charge is 0.388 e. The molecule has 122 valence electrons. The number of nitrogens with one attached hydrogen (secondary N) is 1. The van der Waals surface area contributed by atoms with Crippen molar-refractivity contribution in [2.75, 3.05) is 20.1 Å². The van der Waals surface area contributed by atoms with Crippen molar-refractivity contribution in [1.82, 2.24) is 14.6 Å². The molecule has 0 aromatic carbocycles. The third-order valence-electron chi connectivity index (χ3n) is 3.89. The molecular formula is C14H21N3O4S. The molecule has 0 aliphatic carbocycles. The second-order valence-corrected chi connectivity index (χ2v) is 7.47. The van der Waals surface area contributed by atoms with Gasteiger partial charge in [0.15, 0.2) is 0 Å². The molecule has 0 saturated carbocycles. The maximum absolute atomic E-state index is 12.6. The molecule has 7 nitrogen and oxygen atoms in total. The van der Waals surface area contributed by atoms with Crippen molar-refractivity contribution < 1.29 is 18.3 Å². The van der Waals surface area contributed by atoms with E-state index >= 15 is 0 Å². The number of sulfonamides is 1. The summed E-state index contributed by atoms with van der Waals surface area (Å²) >= 11 is 0. The lowest BCUT2D eigenvalue weighted by Crippen LogP contribution is -2.50. The van der Waals surface area contributed by atoms with Gasteiger partial charge < -0.3 is 10.4 Å². The van der Waals surface area contributed by atoms with Crippen molar-refractivity contribution >= 4 is 15.9 Å². The fourth-order valence-electron chi connectivity index (χ4n) is 2.60. The normalized spacial score (nSPS) is 23.2. The fourth-order valence-corrected chi connectivity index (χ4v) is 4.12. The van der Waals surface area contributed by atoms with Gasteiger partial charge in [0.1, 0.15) is 4.90 Å². The molecule has 0 bridgehead atoms. The van der Waals surface area contributed by atoms with E-state index in [-0.39, 0.29) is 30.2 Å². The number of hydrogen-bond acceptors (Lipinski definition) is 5. The van der Waals surface area contributed by atoms with E-state index in [1.54, 1.807) is 6.07 Å². The van der Waals surface area contributed by atoms with E-state index in [2.05, 4.69) is 10.3 Å². The first-order chi connectivity index (χ1) is 10.4. The minimum absolute atomic E-state index is 0.00121. The summed E-state index contributed by atoms with van der Waals surface area (Å²) in [6.07, 6.45) is 4.27. The Morgan fingerprint density at radius 1 is 1.55 bits per heavy atom. The molecule has 2 rings (SSSR count). The predicted molar refractivity (Wildman–Crippen MR) is 80.5 cm³/mol. The lowest BCUT2D eigenvalue weighted by molar-refractivity contribution is -0.122. The number of hydrogen-bond donors (Lipinski definition) is 2. The van der Waals surface area contributed by atoms with Crippen molar-refractivity contribution in [3.63, 3.8) is 0 Å². The molecule has 1 aliphatic heterocycles. The standard InChI is InChI=1S/C14H21N3O4S/c1-15-13(18)5-7-14(19)6-3-9-17(11-14)22(20,21)12-4-2-8-16-10-12/h2,4,8,10,19H,3,5-7,9,11H2,1H3,(H,15,18). The number of pyridine rings is 1. The number of amides is 1. The summed E-state index contributed by atoms with van der Waals surface area (Å²) in [5, 5.41) is 13.1. The highest BCUT2D eigenvalue weighted by Gasteiger charge is 2.38. The number of rotatable bonds is 5. The molecule has 0 spiro atoms. The summed E-state index contributed by atoms with van der Waals surface area (Å²) in [5.41, 5.74) is -1.17. The summed E-state index contributed by atoms with van der Waals surface area (Å²) in [6.45, 7) is 0.362. The van der Waals surface area contributed by atoms with E-state index in [0.29, 0.717) is 19.4 Å². The zero-order valence-corrected chi connectivity index (χ0v) is 13.3. The Morgan fingerprint density at radius 2 is 2.32 bits per heavy atom. The fraction of sp³-hybridized carbons (Fsp3) is 0.571. The highest BCUT2D eigenvalue weighted by Crippen LogP contribution is 2.29. The predicted octanol–water partition coefficient (Wildman–Crippen LogP) is 0.123. The molecular weight excluding hydrogens is 306 g/mol. The molecule has 1 aliphatic rings. The van der Waals surface area contributed by atoms with Gasteiger partial charge in [-0.15, -0.1) is 0 Å². The van der Waals surface area contributed by atoms with Crippen LogP contribution >= 0.6 is 0 Å². The molecule has 8 heteroatoms. The number of carbonyl (C=O) groups is 1. The first-order valence-electron chi connectivity index (χ1n) is 7.20. The van der Waals surface area contributed by atoms with Crippen LogP contribution in [0, 0.1) is 0 Å². The van der Waals surface area contributed by atoms with Crippen molar-refractivity contribution in [3.05, 3.63) is 24.5 Å². The summed E-state index contributed by atoms with van der Waals surface area (Å²) in [5.74, 6) is -0.166. The van der Waals surface area contributed by atoms with E-state index in [9.17, 15) is 18.3 Å². The molecule has 2 heterocycles. The zero-order chi connectivity index (χ0) is 16.2. The molecule has 2 N–H and O–H groups in total. The number of aliphatic hydroxyl groups is 1. The van der Waals surface area contributed by atoms with Crippen molar-refractivity contribution in [1.29, 1.82) is 0 Å². The molecule has 1 amide bonds. The van der Waals surface area contributed by atoms with E-state index < -0.39 is 15.6 Å². The van der Waals surface area contributed by atoms with Crippen LogP contribution in [-0.2, 0) is 14.8 Å². The second kappa shape index (κ2) is 6.72. The van der Waals surface area contributed by atoms with Crippen molar-refractivity contribution in [2.24, 2.45) is 0 Å². The number of aromatic nitrogens is 1. The van der Waals surface area contributed by atoms with Gasteiger partial charge in [-0.05, 0) is 31.4 Å². The van der Waals surface area contributed by atoms with Gasteiger partial charge >= 0.3 is 0 Å². The number of carbonyl (C=O) groups excluding carboxylic acids is 1. The van der Waals surface area contributed by atoms with Gasteiger partial charge in [-0.3, -0.25) is 9.78 Å². The Morgan fingerprint density at radius 3 is 2.95 bits per heavy atom. The Hall–Kier alpha value is -1.51. The Kier molecular flexibility index (Phi) is 5.15. The molecule has 1 unspecified atom stereocenters. The van der Waals surface area contributed by atoms with Crippen LogP contribution in [0.4, 0.5) is 0 Å². The Balaban J connectivity index is 2.11. The van der Waals surface area contributed by atoms with Gasteiger partial charge in [0.25, 0.3) is 0 Å².